The van der Waals surface area contributed by atoms with Crippen molar-refractivity contribution < 1.29 is 9.47 Å². The second-order valence-electron chi connectivity index (χ2n) is 6.31. The molecule has 0 saturated carbocycles. The number of hydrogen-bond acceptors (Lipinski definition) is 5. The first kappa shape index (κ1) is 15.8. The fourth-order valence-electron chi connectivity index (χ4n) is 3.41. The largest absolute Gasteiger partial charge is 0.378 e. The van der Waals surface area contributed by atoms with Crippen LogP contribution in [-0.2, 0) is 16.0 Å². The molecule has 0 unspecified atom stereocenters. The molecule has 1 N–H and O–H groups in total. The maximum absolute atomic E-state index is 12.9. The summed E-state index contributed by atoms with van der Waals surface area (Å²) in [7, 11) is 0. The number of morpholine rings is 1. The number of ether oxygens (including phenoxy) is 2. The summed E-state index contributed by atoms with van der Waals surface area (Å²) in [6, 6.07) is 5.93. The van der Waals surface area contributed by atoms with Crippen molar-refractivity contribution in [3.8, 4) is 0 Å². The van der Waals surface area contributed by atoms with Crippen molar-refractivity contribution in [3.63, 3.8) is 0 Å². The molecule has 2 fully saturated rings. The number of nitrogens with one attached hydrogen (secondary N) is 1. The van der Waals surface area contributed by atoms with E-state index in [-0.39, 0.29) is 11.7 Å². The molecule has 3 heterocycles. The molecule has 0 aliphatic carbocycles. The Balaban J connectivity index is 1.74. The van der Waals surface area contributed by atoms with E-state index >= 15 is 0 Å². The Bertz CT molecular complexity index is 848. The number of anilines is 1. The fourth-order valence-corrected chi connectivity index (χ4v) is 3.68. The summed E-state index contributed by atoms with van der Waals surface area (Å²) < 4.78 is 13.2. The topological polar surface area (TPSA) is 59.5 Å². The first-order valence-electron chi connectivity index (χ1n) is 8.43. The molecule has 6 nitrogen and oxygen atoms in total. The summed E-state index contributed by atoms with van der Waals surface area (Å²) in [5.41, 5.74) is 1.79. The zero-order valence-corrected chi connectivity index (χ0v) is 14.3. The molecule has 1 atom stereocenters. The third-order valence-corrected chi connectivity index (χ3v) is 5.07. The van der Waals surface area contributed by atoms with E-state index in [4.69, 9.17) is 21.7 Å². The van der Waals surface area contributed by atoms with E-state index in [9.17, 15) is 4.79 Å². The van der Waals surface area contributed by atoms with Crippen molar-refractivity contribution in [1.82, 2.24) is 9.55 Å². The highest BCUT2D eigenvalue weighted by Crippen LogP contribution is 2.20. The van der Waals surface area contributed by atoms with Crippen LogP contribution in [0, 0.1) is 4.77 Å². The monoisotopic (exact) mass is 347 g/mol. The van der Waals surface area contributed by atoms with Crippen molar-refractivity contribution in [2.45, 2.75) is 25.5 Å². The molecule has 0 spiro atoms. The van der Waals surface area contributed by atoms with E-state index in [0.717, 1.165) is 57.0 Å². The van der Waals surface area contributed by atoms with Gasteiger partial charge in [0.25, 0.3) is 5.56 Å². The Morgan fingerprint density at radius 2 is 2.08 bits per heavy atom. The van der Waals surface area contributed by atoms with Gasteiger partial charge in [-0.2, -0.15) is 0 Å². The fraction of sp³-hybridized carbons (Fsp3) is 0.529. The van der Waals surface area contributed by atoms with Crippen molar-refractivity contribution in [2.75, 3.05) is 37.8 Å². The molecule has 0 amide bonds. The third kappa shape index (κ3) is 2.99. The Morgan fingerprint density at radius 3 is 2.83 bits per heavy atom. The Kier molecular flexibility index (Phi) is 4.39. The lowest BCUT2D eigenvalue weighted by Crippen LogP contribution is -2.36. The van der Waals surface area contributed by atoms with Crippen LogP contribution in [0.3, 0.4) is 0 Å². The van der Waals surface area contributed by atoms with Gasteiger partial charge in [0.1, 0.15) is 0 Å². The zero-order chi connectivity index (χ0) is 16.5. The van der Waals surface area contributed by atoms with E-state index in [1.807, 2.05) is 18.2 Å². The molecule has 0 radical (unpaired) electrons. The van der Waals surface area contributed by atoms with Gasteiger partial charge >= 0.3 is 0 Å². The van der Waals surface area contributed by atoms with Crippen molar-refractivity contribution in [1.29, 1.82) is 0 Å². The van der Waals surface area contributed by atoms with Crippen molar-refractivity contribution >= 4 is 28.8 Å². The molecule has 128 valence electrons. The number of fused-ring (bicyclic) bond motifs is 1. The van der Waals surface area contributed by atoms with Gasteiger partial charge in [0.05, 0.1) is 36.8 Å². The van der Waals surface area contributed by atoms with Gasteiger partial charge < -0.3 is 19.4 Å². The highest BCUT2D eigenvalue weighted by Gasteiger charge is 2.18. The number of H-pyrrole nitrogens is 1. The average Bonchev–Trinajstić information content (AvgIpc) is 3.12. The maximum atomic E-state index is 12.9. The average molecular weight is 347 g/mol. The molecule has 2 saturated heterocycles. The highest BCUT2D eigenvalue weighted by atomic mass is 32.1. The van der Waals surface area contributed by atoms with Crippen LogP contribution < -0.4 is 10.5 Å². The lowest BCUT2D eigenvalue weighted by molar-refractivity contribution is 0.0957. The molecule has 7 heteroatoms. The predicted molar refractivity (Wildman–Crippen MR) is 95.4 cm³/mol. The van der Waals surface area contributed by atoms with Crippen LogP contribution in [0.2, 0.25) is 0 Å². The summed E-state index contributed by atoms with van der Waals surface area (Å²) in [5.74, 6) is 0. The highest BCUT2D eigenvalue weighted by molar-refractivity contribution is 7.71. The van der Waals surface area contributed by atoms with Gasteiger partial charge in [-0.1, -0.05) is 0 Å². The summed E-state index contributed by atoms with van der Waals surface area (Å²) in [5, 5.41) is 0.672. The van der Waals surface area contributed by atoms with Gasteiger partial charge in [0.2, 0.25) is 0 Å². The molecule has 0 bridgehead atoms. The lowest BCUT2D eigenvalue weighted by Gasteiger charge is -2.29. The molecule has 2 aromatic rings. The quantitative estimate of drug-likeness (QED) is 0.862. The van der Waals surface area contributed by atoms with E-state index in [1.54, 1.807) is 4.57 Å². The number of nitrogens with zero attached hydrogens (tertiary/aromatic N) is 2. The van der Waals surface area contributed by atoms with E-state index in [0.29, 0.717) is 16.7 Å². The van der Waals surface area contributed by atoms with Gasteiger partial charge in [0.15, 0.2) is 4.77 Å². The molecule has 1 aromatic heterocycles. The Hall–Kier alpha value is -1.70. The summed E-state index contributed by atoms with van der Waals surface area (Å²) >= 11 is 5.38. The molecule has 1 aromatic carbocycles. The van der Waals surface area contributed by atoms with Crippen LogP contribution in [0.15, 0.2) is 23.0 Å². The van der Waals surface area contributed by atoms with E-state index in [1.165, 1.54) is 0 Å². The van der Waals surface area contributed by atoms with Crippen molar-refractivity contribution in [3.05, 3.63) is 33.3 Å². The van der Waals surface area contributed by atoms with Crippen LogP contribution in [-0.4, -0.2) is 48.6 Å². The Labute approximate surface area is 145 Å². The van der Waals surface area contributed by atoms with Gasteiger partial charge in [-0.05, 0) is 43.3 Å². The number of benzene rings is 1. The minimum absolute atomic E-state index is 0.0423. The van der Waals surface area contributed by atoms with Gasteiger partial charge in [-0.15, -0.1) is 0 Å². The molecule has 2 aliphatic heterocycles. The first-order valence-corrected chi connectivity index (χ1v) is 8.84. The summed E-state index contributed by atoms with van der Waals surface area (Å²) in [6.07, 6.45) is 2.11. The van der Waals surface area contributed by atoms with Crippen LogP contribution >= 0.6 is 12.2 Å². The first-order chi connectivity index (χ1) is 11.7. The number of hydrogen-bond donors (Lipinski definition) is 1. The molecule has 4 rings (SSSR count). The predicted octanol–water partition coefficient (Wildman–Crippen LogP) is 2.07. The van der Waals surface area contributed by atoms with Crippen LogP contribution in [0.5, 0.6) is 0 Å². The minimum atomic E-state index is -0.0423. The molecule has 24 heavy (non-hydrogen) atoms. The van der Waals surface area contributed by atoms with Gasteiger partial charge in [-0.25, -0.2) is 0 Å². The number of aromatic nitrogens is 2. The third-order valence-electron chi connectivity index (χ3n) is 4.75. The number of rotatable bonds is 3. The van der Waals surface area contributed by atoms with Crippen molar-refractivity contribution in [2.24, 2.45) is 0 Å². The second kappa shape index (κ2) is 6.66. The van der Waals surface area contributed by atoms with Crippen LogP contribution in [0.1, 0.15) is 12.8 Å². The van der Waals surface area contributed by atoms with Crippen LogP contribution in [0.4, 0.5) is 5.69 Å². The molecule has 2 aliphatic rings. The van der Waals surface area contributed by atoms with E-state index in [2.05, 4.69) is 9.88 Å². The number of aromatic amines is 1. The molecular weight excluding hydrogens is 326 g/mol. The minimum Gasteiger partial charge on any atom is -0.378 e. The Morgan fingerprint density at radius 1 is 1.25 bits per heavy atom. The van der Waals surface area contributed by atoms with Gasteiger partial charge in [-0.3, -0.25) is 9.36 Å². The summed E-state index contributed by atoms with van der Waals surface area (Å²) in [6.45, 7) is 4.42. The van der Waals surface area contributed by atoms with Crippen LogP contribution in [0.25, 0.3) is 10.9 Å². The second-order valence-corrected chi connectivity index (χ2v) is 6.70. The molecular formula is C17H21N3O3S. The zero-order valence-electron chi connectivity index (χ0n) is 13.5. The maximum Gasteiger partial charge on any atom is 0.262 e. The van der Waals surface area contributed by atoms with E-state index < -0.39 is 0 Å². The summed E-state index contributed by atoms with van der Waals surface area (Å²) in [4.78, 5) is 18.4. The normalized spacial score (nSPS) is 21.5. The SMILES string of the molecule is O=c1c2cc(N3CCOCC3)ccc2[nH]c(=S)n1C[C@@H]1CCCO1. The lowest BCUT2D eigenvalue weighted by atomic mass is 10.2. The van der Waals surface area contributed by atoms with Gasteiger partial charge in [0, 0.05) is 25.4 Å². The standard InChI is InChI=1S/C17H21N3O3S/c21-16-14-10-12(19-5-8-22-9-6-19)3-4-15(14)18-17(24)20(16)11-13-2-1-7-23-13/h3-4,10,13H,1-2,5-9,11H2,(H,18,24)/t13-/m0/s1. The smallest absolute Gasteiger partial charge is 0.262 e.